The lowest BCUT2D eigenvalue weighted by Crippen LogP contribution is -2.35. The lowest BCUT2D eigenvalue weighted by atomic mass is 10.2. The second-order valence-corrected chi connectivity index (χ2v) is 8.16. The Morgan fingerprint density at radius 2 is 1.89 bits per heavy atom. The Bertz CT molecular complexity index is 991. The molecule has 0 fully saturated rings. The zero-order chi connectivity index (χ0) is 19.0. The third kappa shape index (κ3) is 3.50. The highest BCUT2D eigenvalue weighted by molar-refractivity contribution is 7.92. The number of fused-ring (bicyclic) bond motifs is 2. The van der Waals surface area contributed by atoms with Crippen molar-refractivity contribution in [2.45, 2.75) is 12.5 Å². The van der Waals surface area contributed by atoms with Gasteiger partial charge in [-0.1, -0.05) is 12.1 Å². The van der Waals surface area contributed by atoms with Crippen LogP contribution in [0.1, 0.15) is 6.42 Å². The molecule has 1 N–H and O–H groups in total. The minimum absolute atomic E-state index is 0.148. The van der Waals surface area contributed by atoms with E-state index in [1.807, 2.05) is 0 Å². The van der Waals surface area contributed by atoms with Gasteiger partial charge in [0, 0.05) is 24.7 Å². The fourth-order valence-electron chi connectivity index (χ4n) is 3.06. The van der Waals surface area contributed by atoms with Crippen molar-refractivity contribution in [3.63, 3.8) is 0 Å². The SMILES string of the molecule is CS(=O)(=O)N1CC[C@H](C(=O)Nc2ccc3c(c2)OCO3)Oc2ccccc21. The summed E-state index contributed by atoms with van der Waals surface area (Å²) in [5.41, 5.74) is 0.976. The van der Waals surface area contributed by atoms with Crippen LogP contribution in [0.3, 0.4) is 0 Å². The smallest absolute Gasteiger partial charge is 0.265 e. The standard InChI is InChI=1S/C18H18N2O6S/c1-27(22,23)20-9-8-16(26-14-5-3-2-4-13(14)20)18(21)19-12-6-7-15-17(10-12)25-11-24-15/h2-7,10,16H,8-9,11H2,1H3,(H,19,21)/t16-/m1/s1. The van der Waals surface area contributed by atoms with Crippen molar-refractivity contribution in [3.05, 3.63) is 42.5 Å². The number of nitrogens with zero attached hydrogens (tertiary/aromatic N) is 1. The van der Waals surface area contributed by atoms with Gasteiger partial charge in [-0.25, -0.2) is 8.42 Å². The second-order valence-electron chi connectivity index (χ2n) is 6.26. The summed E-state index contributed by atoms with van der Waals surface area (Å²) >= 11 is 0. The summed E-state index contributed by atoms with van der Waals surface area (Å²) in [6.07, 6.45) is 0.526. The topological polar surface area (TPSA) is 94.2 Å². The van der Waals surface area contributed by atoms with Gasteiger partial charge in [0.15, 0.2) is 17.6 Å². The summed E-state index contributed by atoms with van der Waals surface area (Å²) < 4.78 is 41.9. The predicted molar refractivity (Wildman–Crippen MR) is 98.9 cm³/mol. The van der Waals surface area contributed by atoms with Gasteiger partial charge in [0.1, 0.15) is 5.75 Å². The molecule has 0 bridgehead atoms. The summed E-state index contributed by atoms with van der Waals surface area (Å²) in [6, 6.07) is 11.9. The summed E-state index contributed by atoms with van der Waals surface area (Å²) in [7, 11) is -3.49. The fourth-order valence-corrected chi connectivity index (χ4v) is 4.00. The molecule has 2 aliphatic heterocycles. The number of para-hydroxylation sites is 2. The number of hydrogen-bond acceptors (Lipinski definition) is 6. The molecule has 27 heavy (non-hydrogen) atoms. The van der Waals surface area contributed by atoms with Crippen LogP contribution in [-0.2, 0) is 14.8 Å². The molecule has 2 heterocycles. The van der Waals surface area contributed by atoms with Crippen LogP contribution in [-0.4, -0.2) is 40.0 Å². The predicted octanol–water partition coefficient (Wildman–Crippen LogP) is 1.97. The zero-order valence-corrected chi connectivity index (χ0v) is 15.4. The molecule has 0 saturated carbocycles. The van der Waals surface area contributed by atoms with Crippen LogP contribution in [0.5, 0.6) is 17.2 Å². The Morgan fingerprint density at radius 1 is 1.11 bits per heavy atom. The molecule has 2 aliphatic rings. The van der Waals surface area contributed by atoms with Crippen LogP contribution in [0, 0.1) is 0 Å². The number of nitrogens with one attached hydrogen (secondary N) is 1. The third-order valence-corrected chi connectivity index (χ3v) is 5.51. The Hall–Kier alpha value is -2.94. The first-order valence-electron chi connectivity index (χ1n) is 8.36. The molecule has 0 radical (unpaired) electrons. The molecule has 2 aromatic rings. The number of hydrogen-bond donors (Lipinski definition) is 1. The number of carbonyl (C=O) groups is 1. The van der Waals surface area contributed by atoms with Gasteiger partial charge in [-0.3, -0.25) is 9.10 Å². The molecule has 0 spiro atoms. The fraction of sp³-hybridized carbons (Fsp3) is 0.278. The van der Waals surface area contributed by atoms with Crippen molar-refractivity contribution in [1.82, 2.24) is 0 Å². The first kappa shape index (κ1) is 17.5. The highest BCUT2D eigenvalue weighted by Crippen LogP contribution is 2.36. The van der Waals surface area contributed by atoms with Crippen LogP contribution in [0.2, 0.25) is 0 Å². The monoisotopic (exact) mass is 390 g/mol. The molecule has 2 aromatic carbocycles. The maximum Gasteiger partial charge on any atom is 0.265 e. The molecule has 0 aliphatic carbocycles. The normalized spacial score (nSPS) is 18.3. The highest BCUT2D eigenvalue weighted by Gasteiger charge is 2.31. The van der Waals surface area contributed by atoms with Gasteiger partial charge in [-0.2, -0.15) is 0 Å². The maximum absolute atomic E-state index is 12.7. The van der Waals surface area contributed by atoms with Crippen molar-refractivity contribution >= 4 is 27.3 Å². The van der Waals surface area contributed by atoms with E-state index in [0.29, 0.717) is 28.6 Å². The summed E-state index contributed by atoms with van der Waals surface area (Å²) in [4.78, 5) is 12.7. The zero-order valence-electron chi connectivity index (χ0n) is 14.5. The molecule has 0 unspecified atom stereocenters. The Balaban J connectivity index is 1.55. The summed E-state index contributed by atoms with van der Waals surface area (Å²) in [5.74, 6) is 1.17. The molecular formula is C18H18N2O6S. The molecule has 1 amide bonds. The number of amides is 1. The molecule has 0 saturated heterocycles. The largest absolute Gasteiger partial charge is 0.478 e. The van der Waals surface area contributed by atoms with E-state index in [9.17, 15) is 13.2 Å². The summed E-state index contributed by atoms with van der Waals surface area (Å²) in [5, 5.41) is 2.79. The molecule has 1 atom stereocenters. The molecule has 0 aromatic heterocycles. The van der Waals surface area contributed by atoms with Crippen LogP contribution >= 0.6 is 0 Å². The first-order chi connectivity index (χ1) is 12.9. The van der Waals surface area contributed by atoms with Gasteiger partial charge in [-0.05, 0) is 24.3 Å². The van der Waals surface area contributed by atoms with Crippen LogP contribution < -0.4 is 23.8 Å². The number of anilines is 2. The number of ether oxygens (including phenoxy) is 3. The van der Waals surface area contributed by atoms with Gasteiger partial charge in [0.25, 0.3) is 5.91 Å². The lowest BCUT2D eigenvalue weighted by molar-refractivity contribution is -0.122. The van der Waals surface area contributed by atoms with E-state index >= 15 is 0 Å². The highest BCUT2D eigenvalue weighted by atomic mass is 32.2. The van der Waals surface area contributed by atoms with E-state index in [0.717, 1.165) is 6.26 Å². The Morgan fingerprint density at radius 3 is 2.70 bits per heavy atom. The molecule has 142 valence electrons. The average Bonchev–Trinajstić information content (AvgIpc) is 2.98. The first-order valence-corrected chi connectivity index (χ1v) is 10.2. The van der Waals surface area contributed by atoms with E-state index in [4.69, 9.17) is 14.2 Å². The van der Waals surface area contributed by atoms with E-state index in [1.54, 1.807) is 42.5 Å². The van der Waals surface area contributed by atoms with E-state index in [2.05, 4.69) is 5.32 Å². The maximum atomic E-state index is 12.7. The van der Waals surface area contributed by atoms with Gasteiger partial charge in [0.2, 0.25) is 16.8 Å². The van der Waals surface area contributed by atoms with Crippen molar-refractivity contribution in [3.8, 4) is 17.2 Å². The number of benzene rings is 2. The third-order valence-electron chi connectivity index (χ3n) is 4.33. The van der Waals surface area contributed by atoms with Crippen molar-refractivity contribution in [2.75, 3.05) is 29.2 Å². The molecule has 4 rings (SSSR count). The van der Waals surface area contributed by atoms with E-state index < -0.39 is 16.1 Å². The van der Waals surface area contributed by atoms with Crippen molar-refractivity contribution in [2.24, 2.45) is 0 Å². The van der Waals surface area contributed by atoms with E-state index in [-0.39, 0.29) is 25.7 Å². The van der Waals surface area contributed by atoms with Crippen LogP contribution in [0.25, 0.3) is 0 Å². The van der Waals surface area contributed by atoms with E-state index in [1.165, 1.54) is 4.31 Å². The lowest BCUT2D eigenvalue weighted by Gasteiger charge is -2.20. The minimum Gasteiger partial charge on any atom is -0.478 e. The number of rotatable bonds is 3. The summed E-state index contributed by atoms with van der Waals surface area (Å²) in [6.45, 7) is 0.297. The average molecular weight is 390 g/mol. The Kier molecular flexibility index (Phi) is 4.31. The Labute approximate surface area is 156 Å². The van der Waals surface area contributed by atoms with Gasteiger partial charge < -0.3 is 19.5 Å². The van der Waals surface area contributed by atoms with Crippen molar-refractivity contribution in [1.29, 1.82) is 0 Å². The quantitative estimate of drug-likeness (QED) is 0.861. The number of carbonyl (C=O) groups excluding carboxylic acids is 1. The molecule has 8 nitrogen and oxygen atoms in total. The van der Waals surface area contributed by atoms with Crippen molar-refractivity contribution < 1.29 is 27.4 Å². The molecule has 9 heteroatoms. The van der Waals surface area contributed by atoms with Crippen LogP contribution in [0.4, 0.5) is 11.4 Å². The van der Waals surface area contributed by atoms with Crippen LogP contribution in [0.15, 0.2) is 42.5 Å². The van der Waals surface area contributed by atoms with Gasteiger partial charge in [0.05, 0.1) is 11.9 Å². The van der Waals surface area contributed by atoms with Gasteiger partial charge in [-0.15, -0.1) is 0 Å². The minimum atomic E-state index is -3.49. The number of sulfonamides is 1. The second kappa shape index (κ2) is 6.66. The van der Waals surface area contributed by atoms with Gasteiger partial charge >= 0.3 is 0 Å². The molecular weight excluding hydrogens is 372 g/mol.